The van der Waals surface area contributed by atoms with Crippen molar-refractivity contribution in [2.75, 3.05) is 0 Å². The van der Waals surface area contributed by atoms with Crippen LogP contribution < -0.4 is 4.74 Å². The molecule has 0 radical (unpaired) electrons. The highest BCUT2D eigenvalue weighted by Crippen LogP contribution is 2.28. The summed E-state index contributed by atoms with van der Waals surface area (Å²) in [6.07, 6.45) is 2.14. The Balaban J connectivity index is 1.72. The summed E-state index contributed by atoms with van der Waals surface area (Å²) in [7, 11) is 0. The Labute approximate surface area is 148 Å². The molecule has 124 valence electrons. The van der Waals surface area contributed by atoms with E-state index in [9.17, 15) is 4.79 Å². The van der Waals surface area contributed by atoms with E-state index < -0.39 is 0 Å². The third-order valence-electron chi connectivity index (χ3n) is 3.69. The largest absolute Gasteiger partial charge is 0.425 e. The lowest BCUT2D eigenvalue weighted by molar-refractivity contribution is -0.134. The van der Waals surface area contributed by atoms with Gasteiger partial charge in [-0.2, -0.15) is 10.1 Å². The maximum absolute atomic E-state index is 12.1. The van der Waals surface area contributed by atoms with E-state index in [0.29, 0.717) is 28.0 Å². The first-order valence-electron chi connectivity index (χ1n) is 7.27. The number of benzene rings is 1. The van der Waals surface area contributed by atoms with Gasteiger partial charge in [0.1, 0.15) is 12.1 Å². The number of carbonyl (C=O) groups excluding carboxylic acids is 1. The van der Waals surface area contributed by atoms with Gasteiger partial charge < -0.3 is 4.74 Å². The number of fused-ring (bicyclic) bond motifs is 1. The SMILES string of the molecule is Cc1nc2ncnn2c(C)c1CCC(=O)Oc1ccc(Cl)cc1Cl. The highest BCUT2D eigenvalue weighted by molar-refractivity contribution is 6.35. The molecule has 0 aliphatic carbocycles. The lowest BCUT2D eigenvalue weighted by Gasteiger charge is -2.10. The van der Waals surface area contributed by atoms with E-state index in [-0.39, 0.29) is 12.4 Å². The van der Waals surface area contributed by atoms with Crippen LogP contribution in [0.25, 0.3) is 5.78 Å². The molecule has 0 saturated heterocycles. The molecular formula is C16H14Cl2N4O2. The van der Waals surface area contributed by atoms with Crippen molar-refractivity contribution in [2.45, 2.75) is 26.7 Å². The number of hydrogen-bond acceptors (Lipinski definition) is 5. The number of hydrogen-bond donors (Lipinski definition) is 0. The Bertz CT molecular complexity index is 924. The van der Waals surface area contributed by atoms with Crippen LogP contribution in [0.5, 0.6) is 5.75 Å². The Hall–Kier alpha value is -2.18. The molecule has 1 aromatic carbocycles. The molecule has 0 amide bonds. The summed E-state index contributed by atoms with van der Waals surface area (Å²) in [5, 5.41) is 4.92. The average molecular weight is 365 g/mol. The molecule has 0 aliphatic rings. The summed E-state index contributed by atoms with van der Waals surface area (Å²) in [5.74, 6) is 0.463. The summed E-state index contributed by atoms with van der Waals surface area (Å²) < 4.78 is 6.95. The summed E-state index contributed by atoms with van der Waals surface area (Å²) in [5.41, 5.74) is 2.69. The quantitative estimate of drug-likeness (QED) is 0.522. The van der Waals surface area contributed by atoms with Gasteiger partial charge in [-0.05, 0) is 44.0 Å². The van der Waals surface area contributed by atoms with E-state index in [1.165, 1.54) is 12.4 Å². The molecule has 24 heavy (non-hydrogen) atoms. The van der Waals surface area contributed by atoms with E-state index >= 15 is 0 Å². The number of aromatic nitrogens is 4. The van der Waals surface area contributed by atoms with Crippen molar-refractivity contribution in [3.8, 4) is 5.75 Å². The number of esters is 1. The molecule has 2 aromatic heterocycles. The second-order valence-corrected chi connectivity index (χ2v) is 6.13. The van der Waals surface area contributed by atoms with Crippen molar-refractivity contribution in [1.82, 2.24) is 19.6 Å². The fourth-order valence-corrected chi connectivity index (χ4v) is 2.92. The van der Waals surface area contributed by atoms with Crippen LogP contribution in [0.2, 0.25) is 10.0 Å². The minimum absolute atomic E-state index is 0.197. The second-order valence-electron chi connectivity index (χ2n) is 5.28. The normalized spacial score (nSPS) is 11.0. The molecule has 0 unspecified atom stereocenters. The standard InChI is InChI=1S/C16H14Cl2N4O2/c1-9-12(10(2)22-16(21-9)19-8-20-22)4-6-15(23)24-14-5-3-11(17)7-13(14)18/h3,5,7-8H,4,6H2,1-2H3. The molecule has 0 fully saturated rings. The van der Waals surface area contributed by atoms with Crippen LogP contribution in [-0.4, -0.2) is 25.6 Å². The third-order valence-corrected chi connectivity index (χ3v) is 4.22. The molecule has 0 bridgehead atoms. The van der Waals surface area contributed by atoms with Gasteiger partial charge in [0.2, 0.25) is 0 Å². The minimum Gasteiger partial charge on any atom is -0.425 e. The fourth-order valence-electron chi connectivity index (χ4n) is 2.48. The molecule has 6 nitrogen and oxygen atoms in total. The molecular weight excluding hydrogens is 351 g/mol. The molecule has 0 spiro atoms. The van der Waals surface area contributed by atoms with Gasteiger partial charge in [0, 0.05) is 16.4 Å². The molecule has 0 saturated carbocycles. The predicted molar refractivity (Wildman–Crippen MR) is 90.7 cm³/mol. The van der Waals surface area contributed by atoms with Gasteiger partial charge in [-0.15, -0.1) is 0 Å². The fraction of sp³-hybridized carbons (Fsp3) is 0.250. The van der Waals surface area contributed by atoms with E-state index in [1.807, 2.05) is 13.8 Å². The monoisotopic (exact) mass is 364 g/mol. The van der Waals surface area contributed by atoms with Crippen molar-refractivity contribution in [2.24, 2.45) is 0 Å². The van der Waals surface area contributed by atoms with Crippen molar-refractivity contribution in [1.29, 1.82) is 0 Å². The predicted octanol–water partition coefficient (Wildman–Crippen LogP) is 3.59. The zero-order valence-corrected chi connectivity index (χ0v) is 14.6. The van der Waals surface area contributed by atoms with Crippen LogP contribution in [0.4, 0.5) is 0 Å². The van der Waals surface area contributed by atoms with Gasteiger partial charge in [-0.25, -0.2) is 9.50 Å². The summed E-state index contributed by atoms with van der Waals surface area (Å²) in [6, 6.07) is 4.72. The second kappa shape index (κ2) is 6.75. The Morgan fingerprint density at radius 2 is 2.08 bits per heavy atom. The first-order valence-corrected chi connectivity index (χ1v) is 8.03. The third kappa shape index (κ3) is 3.34. The number of aryl methyl sites for hydroxylation is 2. The lowest BCUT2D eigenvalue weighted by Crippen LogP contribution is -2.12. The van der Waals surface area contributed by atoms with Crippen LogP contribution in [0, 0.1) is 13.8 Å². The smallest absolute Gasteiger partial charge is 0.311 e. The molecule has 0 aliphatic heterocycles. The number of nitrogens with zero attached hydrogens (tertiary/aromatic N) is 4. The topological polar surface area (TPSA) is 69.4 Å². The summed E-state index contributed by atoms with van der Waals surface area (Å²) >= 11 is 11.8. The highest BCUT2D eigenvalue weighted by atomic mass is 35.5. The van der Waals surface area contributed by atoms with E-state index in [1.54, 1.807) is 16.6 Å². The number of carbonyl (C=O) groups is 1. The Morgan fingerprint density at radius 3 is 2.83 bits per heavy atom. The van der Waals surface area contributed by atoms with Gasteiger partial charge in [-0.3, -0.25) is 4.79 Å². The maximum atomic E-state index is 12.1. The van der Waals surface area contributed by atoms with E-state index in [2.05, 4.69) is 15.1 Å². The van der Waals surface area contributed by atoms with E-state index in [4.69, 9.17) is 27.9 Å². The van der Waals surface area contributed by atoms with Crippen molar-refractivity contribution >= 4 is 34.9 Å². The first-order chi connectivity index (χ1) is 11.5. The molecule has 0 atom stereocenters. The number of ether oxygens (including phenoxy) is 1. The van der Waals surface area contributed by atoms with Gasteiger partial charge in [0.15, 0.2) is 0 Å². The van der Waals surface area contributed by atoms with Gasteiger partial charge in [0.25, 0.3) is 5.78 Å². The van der Waals surface area contributed by atoms with Crippen LogP contribution in [0.15, 0.2) is 24.5 Å². The first kappa shape index (κ1) is 16.7. The number of halogens is 2. The van der Waals surface area contributed by atoms with Gasteiger partial charge in [0.05, 0.1) is 11.4 Å². The van der Waals surface area contributed by atoms with E-state index in [0.717, 1.165) is 17.0 Å². The average Bonchev–Trinajstić information content (AvgIpc) is 2.98. The van der Waals surface area contributed by atoms with Crippen LogP contribution in [0.3, 0.4) is 0 Å². The van der Waals surface area contributed by atoms with Crippen LogP contribution in [-0.2, 0) is 11.2 Å². The Morgan fingerprint density at radius 1 is 1.29 bits per heavy atom. The molecule has 3 rings (SSSR count). The zero-order valence-electron chi connectivity index (χ0n) is 13.1. The summed E-state index contributed by atoms with van der Waals surface area (Å²) in [4.78, 5) is 20.5. The minimum atomic E-state index is -0.378. The highest BCUT2D eigenvalue weighted by Gasteiger charge is 2.14. The Kier molecular flexibility index (Phi) is 4.69. The molecule has 3 aromatic rings. The molecule has 0 N–H and O–H groups in total. The van der Waals surface area contributed by atoms with Crippen molar-refractivity contribution < 1.29 is 9.53 Å². The van der Waals surface area contributed by atoms with Crippen LogP contribution in [0.1, 0.15) is 23.4 Å². The summed E-state index contributed by atoms with van der Waals surface area (Å²) in [6.45, 7) is 3.81. The van der Waals surface area contributed by atoms with Crippen molar-refractivity contribution in [3.63, 3.8) is 0 Å². The maximum Gasteiger partial charge on any atom is 0.311 e. The van der Waals surface area contributed by atoms with Crippen molar-refractivity contribution in [3.05, 3.63) is 51.5 Å². The molecule has 8 heteroatoms. The van der Waals surface area contributed by atoms with Crippen LogP contribution >= 0.6 is 23.2 Å². The molecule has 2 heterocycles. The zero-order chi connectivity index (χ0) is 17.3. The van der Waals surface area contributed by atoms with Gasteiger partial charge >= 0.3 is 5.97 Å². The number of rotatable bonds is 4. The lowest BCUT2D eigenvalue weighted by atomic mass is 10.1. The van der Waals surface area contributed by atoms with Gasteiger partial charge in [-0.1, -0.05) is 23.2 Å².